The summed E-state index contributed by atoms with van der Waals surface area (Å²) < 4.78 is 5.19. The van der Waals surface area contributed by atoms with Crippen molar-refractivity contribution in [2.45, 2.75) is 33.2 Å². The van der Waals surface area contributed by atoms with Crippen LogP contribution < -0.4 is 10.1 Å². The van der Waals surface area contributed by atoms with Gasteiger partial charge in [0.05, 0.1) is 12.8 Å². The number of aromatic nitrogens is 1. The lowest BCUT2D eigenvalue weighted by atomic mass is 10.0. The van der Waals surface area contributed by atoms with Crippen molar-refractivity contribution in [1.29, 1.82) is 0 Å². The fourth-order valence-corrected chi connectivity index (χ4v) is 1.40. The summed E-state index contributed by atoms with van der Waals surface area (Å²) in [6.07, 6.45) is 2.90. The lowest BCUT2D eigenvalue weighted by molar-refractivity contribution is 0.398. The molecule has 0 radical (unpaired) electrons. The molecule has 15 heavy (non-hydrogen) atoms. The van der Waals surface area contributed by atoms with Crippen LogP contribution in [0.15, 0.2) is 18.3 Å². The van der Waals surface area contributed by atoms with Gasteiger partial charge in [-0.1, -0.05) is 20.3 Å². The molecule has 84 valence electrons. The Bertz CT molecular complexity index is 301. The van der Waals surface area contributed by atoms with Crippen molar-refractivity contribution in [2.75, 3.05) is 12.4 Å². The maximum Gasteiger partial charge on any atom is 0.237 e. The molecule has 0 saturated heterocycles. The highest BCUT2D eigenvalue weighted by atomic mass is 16.5. The number of ether oxygens (including phenoxy) is 1. The quantitative estimate of drug-likeness (QED) is 0.807. The lowest BCUT2D eigenvalue weighted by Gasteiger charge is -2.21. The zero-order valence-electron chi connectivity index (χ0n) is 9.95. The number of rotatable bonds is 5. The molecule has 0 saturated carbocycles. The highest BCUT2D eigenvalue weighted by Gasteiger charge is 2.12. The Morgan fingerprint density at radius 1 is 1.47 bits per heavy atom. The van der Waals surface area contributed by atoms with E-state index in [9.17, 15) is 0 Å². The Kier molecular flexibility index (Phi) is 4.40. The minimum Gasteiger partial charge on any atom is -0.480 e. The first kappa shape index (κ1) is 11.8. The number of nitrogens with zero attached hydrogens (tertiary/aromatic N) is 1. The summed E-state index contributed by atoms with van der Waals surface area (Å²) in [6.45, 7) is 6.62. The van der Waals surface area contributed by atoms with Gasteiger partial charge in [-0.05, 0) is 25.0 Å². The number of nitrogens with one attached hydrogen (secondary N) is 1. The highest BCUT2D eigenvalue weighted by molar-refractivity contribution is 5.52. The van der Waals surface area contributed by atoms with Gasteiger partial charge >= 0.3 is 0 Å². The maximum atomic E-state index is 5.19. The Labute approximate surface area is 91.9 Å². The second kappa shape index (κ2) is 5.59. The molecule has 0 amide bonds. The van der Waals surface area contributed by atoms with Crippen LogP contribution in [0, 0.1) is 5.92 Å². The summed E-state index contributed by atoms with van der Waals surface area (Å²) in [4.78, 5) is 4.15. The minimum atomic E-state index is 0.424. The Balaban J connectivity index is 2.71. The summed E-state index contributed by atoms with van der Waals surface area (Å²) in [5.41, 5.74) is 0.966. The van der Waals surface area contributed by atoms with Crippen molar-refractivity contribution < 1.29 is 4.74 Å². The predicted molar refractivity (Wildman–Crippen MR) is 63.3 cm³/mol. The number of hydrogen-bond donors (Lipinski definition) is 1. The predicted octanol–water partition coefficient (Wildman–Crippen LogP) is 2.94. The van der Waals surface area contributed by atoms with E-state index < -0.39 is 0 Å². The van der Waals surface area contributed by atoms with Gasteiger partial charge in [-0.15, -0.1) is 0 Å². The van der Waals surface area contributed by atoms with Gasteiger partial charge in [0.2, 0.25) is 5.88 Å². The fraction of sp³-hybridized carbons (Fsp3) is 0.583. The van der Waals surface area contributed by atoms with Gasteiger partial charge in [0.1, 0.15) is 0 Å². The van der Waals surface area contributed by atoms with Crippen LogP contribution >= 0.6 is 0 Å². The van der Waals surface area contributed by atoms with Crippen LogP contribution in [0.5, 0.6) is 5.88 Å². The van der Waals surface area contributed by atoms with Crippen molar-refractivity contribution in [2.24, 2.45) is 5.92 Å². The first-order valence-electron chi connectivity index (χ1n) is 5.44. The summed E-state index contributed by atoms with van der Waals surface area (Å²) >= 11 is 0. The monoisotopic (exact) mass is 208 g/mol. The molecule has 0 fully saturated rings. The van der Waals surface area contributed by atoms with Crippen LogP contribution in [0.4, 0.5) is 5.69 Å². The van der Waals surface area contributed by atoms with Gasteiger partial charge in [-0.25, -0.2) is 4.98 Å². The average molecular weight is 208 g/mol. The molecule has 3 heteroatoms. The van der Waals surface area contributed by atoms with Crippen molar-refractivity contribution >= 4 is 5.69 Å². The fourth-order valence-electron chi connectivity index (χ4n) is 1.40. The van der Waals surface area contributed by atoms with E-state index in [1.165, 1.54) is 0 Å². The van der Waals surface area contributed by atoms with E-state index in [4.69, 9.17) is 4.74 Å². The SMILES string of the molecule is CCC(C)C(C)Nc1cccnc1OC. The van der Waals surface area contributed by atoms with Crippen LogP contribution in [0.25, 0.3) is 0 Å². The number of methoxy groups -OCH3 is 1. The lowest BCUT2D eigenvalue weighted by Crippen LogP contribution is -2.23. The molecule has 3 nitrogen and oxygen atoms in total. The molecule has 1 rings (SSSR count). The van der Waals surface area contributed by atoms with Crippen molar-refractivity contribution in [3.05, 3.63) is 18.3 Å². The summed E-state index contributed by atoms with van der Waals surface area (Å²) in [5.74, 6) is 1.29. The zero-order chi connectivity index (χ0) is 11.3. The third-order valence-electron chi connectivity index (χ3n) is 2.85. The average Bonchev–Trinajstić information content (AvgIpc) is 2.28. The summed E-state index contributed by atoms with van der Waals surface area (Å²) in [7, 11) is 1.64. The largest absolute Gasteiger partial charge is 0.480 e. The molecule has 1 aromatic heterocycles. The van der Waals surface area contributed by atoms with E-state index in [1.54, 1.807) is 13.3 Å². The van der Waals surface area contributed by atoms with Gasteiger partial charge in [0.15, 0.2) is 0 Å². The van der Waals surface area contributed by atoms with Crippen molar-refractivity contribution in [1.82, 2.24) is 4.98 Å². The van der Waals surface area contributed by atoms with Crippen LogP contribution in [-0.2, 0) is 0 Å². The smallest absolute Gasteiger partial charge is 0.237 e. The van der Waals surface area contributed by atoms with E-state index in [0.29, 0.717) is 17.8 Å². The Hall–Kier alpha value is -1.25. The maximum absolute atomic E-state index is 5.19. The molecule has 0 bridgehead atoms. The molecule has 2 atom stereocenters. The first-order valence-corrected chi connectivity index (χ1v) is 5.44. The standard InChI is InChI=1S/C12H20N2O/c1-5-9(2)10(3)14-11-7-6-8-13-12(11)15-4/h6-10,14H,5H2,1-4H3. The molecule has 0 spiro atoms. The summed E-state index contributed by atoms with van der Waals surface area (Å²) in [5, 5.41) is 3.42. The number of anilines is 1. The zero-order valence-corrected chi connectivity index (χ0v) is 9.95. The van der Waals surface area contributed by atoms with Crippen LogP contribution in [0.1, 0.15) is 27.2 Å². The molecule has 1 aromatic rings. The molecular weight excluding hydrogens is 188 g/mol. The Morgan fingerprint density at radius 3 is 2.80 bits per heavy atom. The number of pyridine rings is 1. The van der Waals surface area contributed by atoms with Gasteiger partial charge in [0, 0.05) is 12.2 Å². The molecular formula is C12H20N2O. The second-order valence-corrected chi connectivity index (χ2v) is 3.88. The van der Waals surface area contributed by atoms with Crippen molar-refractivity contribution in [3.63, 3.8) is 0 Å². The highest BCUT2D eigenvalue weighted by Crippen LogP contribution is 2.22. The minimum absolute atomic E-state index is 0.424. The van der Waals surface area contributed by atoms with Crippen LogP contribution in [0.3, 0.4) is 0 Å². The van der Waals surface area contributed by atoms with E-state index in [0.717, 1.165) is 12.1 Å². The molecule has 0 aromatic carbocycles. The molecule has 0 aliphatic heterocycles. The van der Waals surface area contributed by atoms with E-state index in [-0.39, 0.29) is 0 Å². The molecule has 1 heterocycles. The van der Waals surface area contributed by atoms with E-state index >= 15 is 0 Å². The first-order chi connectivity index (χ1) is 7.19. The normalized spacial score (nSPS) is 14.4. The second-order valence-electron chi connectivity index (χ2n) is 3.88. The van der Waals surface area contributed by atoms with Gasteiger partial charge < -0.3 is 10.1 Å². The van der Waals surface area contributed by atoms with Crippen LogP contribution in [0.2, 0.25) is 0 Å². The van der Waals surface area contributed by atoms with Crippen molar-refractivity contribution in [3.8, 4) is 5.88 Å². The van der Waals surface area contributed by atoms with Crippen LogP contribution in [-0.4, -0.2) is 18.1 Å². The molecule has 0 aliphatic rings. The number of hydrogen-bond acceptors (Lipinski definition) is 3. The van der Waals surface area contributed by atoms with E-state index in [2.05, 4.69) is 31.1 Å². The van der Waals surface area contributed by atoms with Gasteiger partial charge in [0.25, 0.3) is 0 Å². The van der Waals surface area contributed by atoms with Gasteiger partial charge in [-0.2, -0.15) is 0 Å². The Morgan fingerprint density at radius 2 is 2.20 bits per heavy atom. The summed E-state index contributed by atoms with van der Waals surface area (Å²) in [6, 6.07) is 4.33. The van der Waals surface area contributed by atoms with Gasteiger partial charge in [-0.3, -0.25) is 0 Å². The third-order valence-corrected chi connectivity index (χ3v) is 2.85. The molecule has 0 aliphatic carbocycles. The topological polar surface area (TPSA) is 34.2 Å². The van der Waals surface area contributed by atoms with E-state index in [1.807, 2.05) is 12.1 Å². The molecule has 1 N–H and O–H groups in total. The molecule has 2 unspecified atom stereocenters. The third kappa shape index (κ3) is 3.11.